The maximum absolute atomic E-state index is 11.7. The summed E-state index contributed by atoms with van der Waals surface area (Å²) in [6, 6.07) is 0.0952. The molecule has 0 fully saturated rings. The van der Waals surface area contributed by atoms with Gasteiger partial charge >= 0.3 is 5.97 Å². The first-order chi connectivity index (χ1) is 8.38. The van der Waals surface area contributed by atoms with Gasteiger partial charge in [-0.1, -0.05) is 20.3 Å². The Morgan fingerprint density at radius 3 is 2.22 bits per heavy atom. The lowest BCUT2D eigenvalue weighted by atomic mass is 10.0. The van der Waals surface area contributed by atoms with Crippen molar-refractivity contribution in [3.63, 3.8) is 0 Å². The van der Waals surface area contributed by atoms with Crippen molar-refractivity contribution < 1.29 is 14.7 Å². The van der Waals surface area contributed by atoms with Crippen LogP contribution >= 0.6 is 0 Å². The number of rotatable bonds is 9. The highest BCUT2D eigenvalue weighted by atomic mass is 16.4. The molecule has 0 radical (unpaired) electrons. The van der Waals surface area contributed by atoms with Gasteiger partial charge in [-0.2, -0.15) is 0 Å². The minimum Gasteiger partial charge on any atom is -0.481 e. The minimum absolute atomic E-state index is 0.0446. The quantitative estimate of drug-likeness (QED) is 0.581. The Morgan fingerprint density at radius 2 is 1.72 bits per heavy atom. The molecule has 0 saturated heterocycles. The molecule has 0 spiro atoms. The Hall–Kier alpha value is -1.10. The third-order valence-corrected chi connectivity index (χ3v) is 3.04. The average molecular weight is 258 g/mol. The fraction of sp³-hybridized carbons (Fsp3) is 0.846. The maximum Gasteiger partial charge on any atom is 0.306 e. The summed E-state index contributed by atoms with van der Waals surface area (Å²) in [5, 5.41) is 14.7. The van der Waals surface area contributed by atoms with Gasteiger partial charge in [-0.3, -0.25) is 9.59 Å². The van der Waals surface area contributed by atoms with E-state index >= 15 is 0 Å². The normalized spacial score (nSPS) is 15.8. The summed E-state index contributed by atoms with van der Waals surface area (Å²) < 4.78 is 0. The molecule has 0 aromatic rings. The molecule has 0 aromatic carbocycles. The second-order valence-corrected chi connectivity index (χ2v) is 5.04. The van der Waals surface area contributed by atoms with Crippen LogP contribution in [0.2, 0.25) is 0 Å². The molecule has 3 N–H and O–H groups in total. The lowest BCUT2D eigenvalue weighted by molar-refractivity contribution is -0.141. The second-order valence-electron chi connectivity index (χ2n) is 5.04. The highest BCUT2D eigenvalue weighted by Crippen LogP contribution is 2.09. The van der Waals surface area contributed by atoms with Crippen molar-refractivity contribution in [1.82, 2.24) is 10.6 Å². The monoisotopic (exact) mass is 258 g/mol. The molecule has 1 amide bonds. The number of carboxylic acids is 1. The van der Waals surface area contributed by atoms with Crippen molar-refractivity contribution in [2.45, 2.75) is 46.1 Å². The van der Waals surface area contributed by atoms with Crippen LogP contribution in [-0.4, -0.2) is 36.6 Å². The summed E-state index contributed by atoms with van der Waals surface area (Å²) in [6.45, 7) is 6.20. The fourth-order valence-corrected chi connectivity index (χ4v) is 1.71. The number of carbonyl (C=O) groups excluding carboxylic acids is 1. The molecule has 0 rings (SSSR count). The molecule has 0 heterocycles. The molecule has 0 aliphatic heterocycles. The van der Waals surface area contributed by atoms with Gasteiger partial charge in [-0.15, -0.1) is 0 Å². The molecule has 0 aromatic heterocycles. The molecule has 5 heteroatoms. The van der Waals surface area contributed by atoms with E-state index in [1.54, 1.807) is 6.92 Å². The van der Waals surface area contributed by atoms with Gasteiger partial charge in [-0.05, 0) is 26.8 Å². The number of hydrogen-bond donors (Lipinski definition) is 3. The van der Waals surface area contributed by atoms with E-state index in [4.69, 9.17) is 5.11 Å². The number of carboxylic acid groups (broad SMARTS) is 1. The second kappa shape index (κ2) is 8.91. The first kappa shape index (κ1) is 16.9. The van der Waals surface area contributed by atoms with Crippen LogP contribution < -0.4 is 10.6 Å². The van der Waals surface area contributed by atoms with E-state index in [-0.39, 0.29) is 23.8 Å². The largest absolute Gasteiger partial charge is 0.481 e. The van der Waals surface area contributed by atoms with E-state index in [1.807, 2.05) is 20.9 Å². The van der Waals surface area contributed by atoms with Crippen LogP contribution in [0.5, 0.6) is 0 Å². The van der Waals surface area contributed by atoms with Crippen LogP contribution in [0, 0.1) is 11.8 Å². The van der Waals surface area contributed by atoms with E-state index < -0.39 is 5.97 Å². The van der Waals surface area contributed by atoms with Crippen molar-refractivity contribution in [2.75, 3.05) is 13.6 Å². The molecule has 18 heavy (non-hydrogen) atoms. The molecule has 106 valence electrons. The highest BCUT2D eigenvalue weighted by Gasteiger charge is 2.15. The van der Waals surface area contributed by atoms with E-state index in [0.29, 0.717) is 13.0 Å². The molecular formula is C13H26N2O3. The van der Waals surface area contributed by atoms with E-state index in [2.05, 4.69) is 10.6 Å². The zero-order valence-electron chi connectivity index (χ0n) is 11.8. The van der Waals surface area contributed by atoms with Crippen LogP contribution in [0.4, 0.5) is 0 Å². The summed E-state index contributed by atoms with van der Waals surface area (Å²) in [5.41, 5.74) is 0. The maximum atomic E-state index is 11.7. The van der Waals surface area contributed by atoms with Crippen LogP contribution in [0.15, 0.2) is 0 Å². The van der Waals surface area contributed by atoms with Crippen LogP contribution in [0.1, 0.15) is 40.0 Å². The molecule has 5 nitrogen and oxygen atoms in total. The van der Waals surface area contributed by atoms with Crippen molar-refractivity contribution in [3.8, 4) is 0 Å². The van der Waals surface area contributed by atoms with Gasteiger partial charge in [0, 0.05) is 18.5 Å². The Morgan fingerprint density at radius 1 is 1.11 bits per heavy atom. The third-order valence-electron chi connectivity index (χ3n) is 3.04. The van der Waals surface area contributed by atoms with E-state index in [9.17, 15) is 9.59 Å². The van der Waals surface area contributed by atoms with Gasteiger partial charge in [0.25, 0.3) is 0 Å². The van der Waals surface area contributed by atoms with Crippen LogP contribution in [0.25, 0.3) is 0 Å². The van der Waals surface area contributed by atoms with Gasteiger partial charge in [0.2, 0.25) is 5.91 Å². The number of nitrogens with one attached hydrogen (secondary N) is 2. The Labute approximate surface area is 109 Å². The van der Waals surface area contributed by atoms with Gasteiger partial charge in [0.15, 0.2) is 0 Å². The molecule has 0 saturated carbocycles. The van der Waals surface area contributed by atoms with Crippen molar-refractivity contribution >= 4 is 11.9 Å². The zero-order valence-corrected chi connectivity index (χ0v) is 11.8. The minimum atomic E-state index is -0.755. The Bertz CT molecular complexity index is 269. The van der Waals surface area contributed by atoms with Gasteiger partial charge < -0.3 is 15.7 Å². The fourth-order valence-electron chi connectivity index (χ4n) is 1.71. The van der Waals surface area contributed by atoms with Gasteiger partial charge in [0.1, 0.15) is 0 Å². The highest BCUT2D eigenvalue weighted by molar-refractivity contribution is 5.78. The van der Waals surface area contributed by atoms with Crippen molar-refractivity contribution in [1.29, 1.82) is 0 Å². The van der Waals surface area contributed by atoms with Crippen LogP contribution in [-0.2, 0) is 9.59 Å². The number of carbonyl (C=O) groups is 2. The van der Waals surface area contributed by atoms with E-state index in [1.165, 1.54) is 0 Å². The zero-order chi connectivity index (χ0) is 14.1. The Kier molecular flexibility index (Phi) is 8.37. The SMILES string of the molecule is CNCC(C)C(=O)NC(C)CCCC(C)C(=O)O. The lowest BCUT2D eigenvalue weighted by Gasteiger charge is -2.17. The number of amides is 1. The van der Waals surface area contributed by atoms with Gasteiger partial charge in [-0.25, -0.2) is 0 Å². The summed E-state index contributed by atoms with van der Waals surface area (Å²) in [5.74, 6) is -1.07. The van der Waals surface area contributed by atoms with E-state index in [0.717, 1.165) is 12.8 Å². The predicted octanol–water partition coefficient (Wildman–Crippen LogP) is 1.24. The molecule has 0 bridgehead atoms. The number of aliphatic carboxylic acids is 1. The standard InChI is InChI=1S/C13H26N2O3/c1-9(13(17)18)6-5-7-11(3)15-12(16)10(2)8-14-4/h9-11,14H,5-8H2,1-4H3,(H,15,16)(H,17,18). The van der Waals surface area contributed by atoms with Gasteiger partial charge in [0.05, 0.1) is 5.92 Å². The molecule has 3 atom stereocenters. The predicted molar refractivity (Wildman–Crippen MR) is 71.3 cm³/mol. The number of hydrogen-bond acceptors (Lipinski definition) is 3. The molecular weight excluding hydrogens is 232 g/mol. The van der Waals surface area contributed by atoms with Crippen molar-refractivity contribution in [3.05, 3.63) is 0 Å². The lowest BCUT2D eigenvalue weighted by Crippen LogP contribution is -2.39. The molecule has 0 aliphatic carbocycles. The molecule has 3 unspecified atom stereocenters. The summed E-state index contributed by atoms with van der Waals surface area (Å²) in [4.78, 5) is 22.3. The first-order valence-electron chi connectivity index (χ1n) is 6.56. The average Bonchev–Trinajstić information content (AvgIpc) is 2.28. The summed E-state index contributed by atoms with van der Waals surface area (Å²) >= 11 is 0. The molecule has 0 aliphatic rings. The summed E-state index contributed by atoms with van der Waals surface area (Å²) in [6.07, 6.45) is 2.28. The van der Waals surface area contributed by atoms with Crippen molar-refractivity contribution in [2.24, 2.45) is 11.8 Å². The third kappa shape index (κ3) is 7.27. The Balaban J connectivity index is 3.80. The summed E-state index contributed by atoms with van der Waals surface area (Å²) in [7, 11) is 1.82. The van der Waals surface area contributed by atoms with Crippen LogP contribution in [0.3, 0.4) is 0 Å². The first-order valence-corrected chi connectivity index (χ1v) is 6.56. The smallest absolute Gasteiger partial charge is 0.306 e. The topological polar surface area (TPSA) is 78.4 Å².